The monoisotopic (exact) mass is 433 g/mol. The summed E-state index contributed by atoms with van der Waals surface area (Å²) >= 11 is 6.59. The molecule has 3 nitrogen and oxygen atoms in total. The van der Waals surface area contributed by atoms with Crippen LogP contribution in [0.4, 0.5) is 0 Å². The Kier molecular flexibility index (Phi) is 4.59. The third kappa shape index (κ3) is 2.58. The van der Waals surface area contributed by atoms with Crippen LogP contribution in [0.25, 0.3) is 0 Å². The molecular formula is C15H17Br2NO2S. The van der Waals surface area contributed by atoms with Gasteiger partial charge < -0.3 is 0 Å². The third-order valence-corrected chi connectivity index (χ3v) is 8.49. The fourth-order valence-electron chi connectivity index (χ4n) is 3.13. The number of benzene rings is 1. The van der Waals surface area contributed by atoms with Gasteiger partial charge in [-0.05, 0) is 52.4 Å². The number of hydrogen-bond acceptors (Lipinski definition) is 3. The molecule has 21 heavy (non-hydrogen) atoms. The van der Waals surface area contributed by atoms with E-state index < -0.39 is 14.6 Å². The first-order chi connectivity index (χ1) is 9.76. The zero-order chi connectivity index (χ0) is 15.9. The lowest BCUT2D eigenvalue weighted by Crippen LogP contribution is -2.55. The van der Waals surface area contributed by atoms with Crippen molar-refractivity contribution in [1.82, 2.24) is 0 Å². The fraction of sp³-hybridized carbons (Fsp3) is 0.533. The van der Waals surface area contributed by atoms with Crippen LogP contribution in [0.1, 0.15) is 39.5 Å². The second kappa shape index (κ2) is 5.68. The summed E-state index contributed by atoms with van der Waals surface area (Å²) in [7, 11) is -3.70. The maximum Gasteiger partial charge on any atom is 0.198 e. The lowest BCUT2D eigenvalue weighted by Gasteiger charge is -2.51. The van der Waals surface area contributed by atoms with Gasteiger partial charge in [0.2, 0.25) is 0 Å². The Hall–Kier alpha value is -0.380. The molecule has 0 N–H and O–H groups in total. The van der Waals surface area contributed by atoms with Crippen LogP contribution in [-0.4, -0.2) is 13.2 Å². The zero-order valence-corrected chi connectivity index (χ0v) is 16.0. The molecule has 1 fully saturated rings. The lowest BCUT2D eigenvalue weighted by molar-refractivity contribution is 0.0926. The SMILES string of the molecule is CCC1(CC)CC(C#N)(S(=O)(=O)c2cc(Br)ccc2Br)C1. The topological polar surface area (TPSA) is 57.9 Å². The summed E-state index contributed by atoms with van der Waals surface area (Å²) in [6.45, 7) is 4.12. The molecule has 0 bridgehead atoms. The minimum Gasteiger partial charge on any atom is -0.222 e. The van der Waals surface area contributed by atoms with Gasteiger partial charge in [0, 0.05) is 8.95 Å². The largest absolute Gasteiger partial charge is 0.222 e. The summed E-state index contributed by atoms with van der Waals surface area (Å²) in [4.78, 5) is 0.194. The van der Waals surface area contributed by atoms with Crippen LogP contribution in [0.15, 0.2) is 32.0 Å². The molecule has 0 spiro atoms. The maximum absolute atomic E-state index is 13.0. The molecule has 114 valence electrons. The molecule has 1 aromatic carbocycles. The quantitative estimate of drug-likeness (QED) is 0.680. The number of halogens is 2. The molecule has 1 aliphatic carbocycles. The number of nitriles is 1. The van der Waals surface area contributed by atoms with Crippen molar-refractivity contribution in [2.24, 2.45) is 5.41 Å². The van der Waals surface area contributed by atoms with Gasteiger partial charge in [-0.2, -0.15) is 5.26 Å². The predicted molar refractivity (Wildman–Crippen MR) is 89.6 cm³/mol. The second-order valence-corrected chi connectivity index (χ2v) is 9.74. The van der Waals surface area contributed by atoms with Gasteiger partial charge in [-0.15, -0.1) is 0 Å². The van der Waals surface area contributed by atoms with E-state index in [1.54, 1.807) is 18.2 Å². The first-order valence-electron chi connectivity index (χ1n) is 6.87. The molecule has 0 aliphatic heterocycles. The molecular weight excluding hydrogens is 418 g/mol. The van der Waals surface area contributed by atoms with Crippen LogP contribution in [0.5, 0.6) is 0 Å². The molecule has 1 aromatic rings. The van der Waals surface area contributed by atoms with E-state index in [2.05, 4.69) is 51.8 Å². The highest BCUT2D eigenvalue weighted by Crippen LogP contribution is 2.58. The van der Waals surface area contributed by atoms with Crippen LogP contribution >= 0.6 is 31.9 Å². The summed E-state index contributed by atoms with van der Waals surface area (Å²) in [5, 5.41) is 9.56. The number of hydrogen-bond donors (Lipinski definition) is 0. The summed E-state index contributed by atoms with van der Waals surface area (Å²) < 4.78 is 25.9. The van der Waals surface area contributed by atoms with E-state index in [0.717, 1.165) is 12.8 Å². The minimum atomic E-state index is -3.70. The number of nitrogens with zero attached hydrogens (tertiary/aromatic N) is 1. The van der Waals surface area contributed by atoms with Crippen LogP contribution in [-0.2, 0) is 9.84 Å². The van der Waals surface area contributed by atoms with E-state index in [4.69, 9.17) is 0 Å². The van der Waals surface area contributed by atoms with Crippen LogP contribution in [0.2, 0.25) is 0 Å². The molecule has 1 aliphatic rings. The molecule has 6 heteroatoms. The van der Waals surface area contributed by atoms with Crippen molar-refractivity contribution in [3.8, 4) is 6.07 Å². The standard InChI is InChI=1S/C15H17Br2NO2S/c1-3-14(4-2)8-15(9-14,10-18)21(19,20)13-7-11(16)5-6-12(13)17/h5-7H,3-4,8-9H2,1-2H3. The molecule has 0 aromatic heterocycles. The minimum absolute atomic E-state index is 0.0126. The molecule has 0 unspecified atom stereocenters. The average molecular weight is 435 g/mol. The molecule has 2 rings (SSSR count). The number of rotatable bonds is 4. The van der Waals surface area contributed by atoms with E-state index in [0.29, 0.717) is 21.8 Å². The van der Waals surface area contributed by atoms with Gasteiger partial charge in [-0.1, -0.05) is 42.6 Å². The highest BCUT2D eigenvalue weighted by molar-refractivity contribution is 9.11. The van der Waals surface area contributed by atoms with E-state index >= 15 is 0 Å². The van der Waals surface area contributed by atoms with Crippen LogP contribution in [0, 0.1) is 16.7 Å². The molecule has 0 atom stereocenters. The summed E-state index contributed by atoms with van der Waals surface area (Å²) in [5.41, 5.74) is -0.0126. The van der Waals surface area contributed by atoms with E-state index in [9.17, 15) is 13.7 Å². The van der Waals surface area contributed by atoms with Gasteiger partial charge in [-0.25, -0.2) is 8.42 Å². The third-order valence-electron chi connectivity index (χ3n) is 4.72. The number of sulfone groups is 1. The van der Waals surface area contributed by atoms with Crippen molar-refractivity contribution in [2.45, 2.75) is 49.2 Å². The first-order valence-corrected chi connectivity index (χ1v) is 9.94. The molecule has 0 radical (unpaired) electrons. The van der Waals surface area contributed by atoms with Gasteiger partial charge in [-0.3, -0.25) is 0 Å². The second-order valence-electron chi connectivity index (χ2n) is 5.74. The summed E-state index contributed by atoms with van der Waals surface area (Å²) in [6, 6.07) is 7.12. The first kappa shape index (κ1) is 17.0. The van der Waals surface area contributed by atoms with Crippen molar-refractivity contribution in [2.75, 3.05) is 0 Å². The van der Waals surface area contributed by atoms with Gasteiger partial charge in [0.15, 0.2) is 14.6 Å². The highest BCUT2D eigenvalue weighted by atomic mass is 79.9. The van der Waals surface area contributed by atoms with Gasteiger partial charge in [0.1, 0.15) is 0 Å². The Morgan fingerprint density at radius 3 is 2.29 bits per heavy atom. The Morgan fingerprint density at radius 1 is 1.24 bits per heavy atom. The van der Waals surface area contributed by atoms with Crippen molar-refractivity contribution in [1.29, 1.82) is 5.26 Å². The van der Waals surface area contributed by atoms with Gasteiger partial charge in [0.05, 0.1) is 11.0 Å². The smallest absolute Gasteiger partial charge is 0.198 e. The van der Waals surface area contributed by atoms with Crippen molar-refractivity contribution in [3.63, 3.8) is 0 Å². The van der Waals surface area contributed by atoms with E-state index in [1.807, 2.05) is 0 Å². The van der Waals surface area contributed by atoms with Crippen molar-refractivity contribution < 1.29 is 8.42 Å². The Balaban J connectivity index is 2.49. The maximum atomic E-state index is 13.0. The van der Waals surface area contributed by atoms with Crippen molar-refractivity contribution >= 4 is 41.7 Å². The van der Waals surface area contributed by atoms with Crippen LogP contribution in [0.3, 0.4) is 0 Å². The summed E-state index contributed by atoms with van der Waals surface area (Å²) in [6.07, 6.45) is 2.65. The lowest BCUT2D eigenvalue weighted by atomic mass is 9.59. The highest BCUT2D eigenvalue weighted by Gasteiger charge is 2.61. The van der Waals surface area contributed by atoms with Crippen molar-refractivity contribution in [3.05, 3.63) is 27.1 Å². The molecule has 0 amide bonds. The van der Waals surface area contributed by atoms with Gasteiger partial charge in [0.25, 0.3) is 0 Å². The zero-order valence-electron chi connectivity index (χ0n) is 12.0. The Morgan fingerprint density at radius 2 is 1.81 bits per heavy atom. The summed E-state index contributed by atoms with van der Waals surface area (Å²) in [5.74, 6) is 0. The molecule has 0 heterocycles. The van der Waals surface area contributed by atoms with E-state index in [1.165, 1.54) is 0 Å². The van der Waals surface area contributed by atoms with Crippen LogP contribution < -0.4 is 0 Å². The Bertz CT molecular complexity index is 695. The fourth-order valence-corrected chi connectivity index (χ4v) is 6.67. The average Bonchev–Trinajstić information content (AvgIpc) is 2.42. The Labute approximate surface area is 142 Å². The van der Waals surface area contributed by atoms with E-state index in [-0.39, 0.29) is 10.3 Å². The predicted octanol–water partition coefficient (Wildman–Crippen LogP) is 4.85. The molecule has 0 saturated heterocycles. The molecule has 1 saturated carbocycles. The van der Waals surface area contributed by atoms with Gasteiger partial charge >= 0.3 is 0 Å². The normalized spacial score (nSPS) is 19.6.